The summed E-state index contributed by atoms with van der Waals surface area (Å²) >= 11 is 0. The van der Waals surface area contributed by atoms with Gasteiger partial charge in [-0.2, -0.15) is 5.10 Å². The van der Waals surface area contributed by atoms with E-state index in [1.807, 2.05) is 13.8 Å². The highest BCUT2D eigenvalue weighted by Gasteiger charge is 2.27. The topological polar surface area (TPSA) is 93.1 Å². The first-order valence-corrected chi connectivity index (χ1v) is 6.85. The Labute approximate surface area is 126 Å². The van der Waals surface area contributed by atoms with Crippen molar-refractivity contribution in [3.05, 3.63) is 46.8 Å². The lowest BCUT2D eigenvalue weighted by atomic mass is 10.1. The first-order chi connectivity index (χ1) is 10.5. The summed E-state index contributed by atoms with van der Waals surface area (Å²) in [6.45, 7) is 4.50. The number of nitrogens with one attached hydrogen (secondary N) is 2. The van der Waals surface area contributed by atoms with Crippen molar-refractivity contribution in [3.63, 3.8) is 0 Å². The highest BCUT2D eigenvalue weighted by molar-refractivity contribution is 6.22. The van der Waals surface area contributed by atoms with Gasteiger partial charge in [0.25, 0.3) is 17.7 Å². The second-order valence-electron chi connectivity index (χ2n) is 4.98. The van der Waals surface area contributed by atoms with E-state index in [0.717, 1.165) is 5.69 Å². The van der Waals surface area contributed by atoms with E-state index >= 15 is 0 Å². The molecule has 3 rings (SSSR count). The average Bonchev–Trinajstić information content (AvgIpc) is 3.00. The number of aryl methyl sites for hydroxylation is 2. The number of fused-ring (bicyclic) bond motifs is 1. The van der Waals surface area contributed by atoms with Crippen LogP contribution in [0.15, 0.2) is 24.3 Å². The van der Waals surface area contributed by atoms with Crippen LogP contribution in [-0.4, -0.2) is 27.5 Å². The molecule has 0 aliphatic carbocycles. The molecule has 1 aliphatic heterocycles. The molecule has 0 radical (unpaired) electrons. The molecule has 0 fully saturated rings. The summed E-state index contributed by atoms with van der Waals surface area (Å²) < 4.78 is 1.73. The Morgan fingerprint density at radius 3 is 2.64 bits per heavy atom. The van der Waals surface area contributed by atoms with Gasteiger partial charge in [0.15, 0.2) is 5.69 Å². The maximum absolute atomic E-state index is 12.2. The van der Waals surface area contributed by atoms with Crippen LogP contribution in [0.3, 0.4) is 0 Å². The van der Waals surface area contributed by atoms with Crippen molar-refractivity contribution in [2.45, 2.75) is 20.4 Å². The molecule has 1 aliphatic rings. The van der Waals surface area contributed by atoms with E-state index < -0.39 is 11.8 Å². The minimum atomic E-state index is -0.456. The van der Waals surface area contributed by atoms with Gasteiger partial charge >= 0.3 is 0 Å². The number of benzene rings is 1. The van der Waals surface area contributed by atoms with Crippen LogP contribution in [0, 0.1) is 6.92 Å². The van der Waals surface area contributed by atoms with Crippen LogP contribution < -0.4 is 10.6 Å². The van der Waals surface area contributed by atoms with Gasteiger partial charge in [-0.15, -0.1) is 0 Å². The molecule has 0 unspecified atom stereocenters. The number of imide groups is 1. The number of aromatic nitrogens is 2. The van der Waals surface area contributed by atoms with Gasteiger partial charge in [0.2, 0.25) is 0 Å². The van der Waals surface area contributed by atoms with E-state index in [1.165, 1.54) is 12.1 Å². The number of amides is 3. The summed E-state index contributed by atoms with van der Waals surface area (Å²) in [4.78, 5) is 35.3. The zero-order valence-electron chi connectivity index (χ0n) is 12.1. The fraction of sp³-hybridized carbons (Fsp3) is 0.200. The smallest absolute Gasteiger partial charge is 0.276 e. The zero-order chi connectivity index (χ0) is 15.9. The maximum atomic E-state index is 12.2. The van der Waals surface area contributed by atoms with Crippen LogP contribution in [0.2, 0.25) is 0 Å². The summed E-state index contributed by atoms with van der Waals surface area (Å²) in [5.74, 6) is -1.24. The number of nitrogens with zero attached hydrogens (tertiary/aromatic N) is 2. The molecule has 2 aromatic rings. The normalized spacial score (nSPS) is 13.0. The molecular formula is C15H14N4O3. The second-order valence-corrected chi connectivity index (χ2v) is 4.98. The number of anilines is 1. The quantitative estimate of drug-likeness (QED) is 0.836. The van der Waals surface area contributed by atoms with E-state index in [-0.39, 0.29) is 11.5 Å². The first kappa shape index (κ1) is 14.0. The molecule has 0 bridgehead atoms. The SMILES string of the molecule is CCn1nc(C(=O)Nc2ccc3c(c2)C(=O)NC3=O)cc1C. The van der Waals surface area contributed by atoms with Crippen LogP contribution in [0.25, 0.3) is 0 Å². The molecule has 7 heteroatoms. The summed E-state index contributed by atoms with van der Waals surface area (Å²) in [6.07, 6.45) is 0. The number of hydrogen-bond acceptors (Lipinski definition) is 4. The van der Waals surface area contributed by atoms with Crippen LogP contribution in [0.4, 0.5) is 5.69 Å². The van der Waals surface area contributed by atoms with Crippen LogP contribution in [0.5, 0.6) is 0 Å². The Hall–Kier alpha value is -2.96. The largest absolute Gasteiger partial charge is 0.321 e. The van der Waals surface area contributed by atoms with E-state index in [0.29, 0.717) is 23.5 Å². The molecule has 0 atom stereocenters. The maximum Gasteiger partial charge on any atom is 0.276 e. The molecule has 2 heterocycles. The second kappa shape index (κ2) is 5.10. The molecular weight excluding hydrogens is 284 g/mol. The average molecular weight is 298 g/mol. The van der Waals surface area contributed by atoms with Crippen molar-refractivity contribution in [1.82, 2.24) is 15.1 Å². The van der Waals surface area contributed by atoms with Crippen molar-refractivity contribution < 1.29 is 14.4 Å². The first-order valence-electron chi connectivity index (χ1n) is 6.85. The van der Waals surface area contributed by atoms with Crippen molar-refractivity contribution in [3.8, 4) is 0 Å². The summed E-state index contributed by atoms with van der Waals surface area (Å²) in [7, 11) is 0. The van der Waals surface area contributed by atoms with Gasteiger partial charge in [-0.1, -0.05) is 0 Å². The van der Waals surface area contributed by atoms with Crippen molar-refractivity contribution in [2.75, 3.05) is 5.32 Å². The molecule has 0 saturated carbocycles. The number of carbonyl (C=O) groups excluding carboxylic acids is 3. The van der Waals surface area contributed by atoms with Gasteiger partial charge in [-0.25, -0.2) is 0 Å². The van der Waals surface area contributed by atoms with Gasteiger partial charge in [0.1, 0.15) is 0 Å². The van der Waals surface area contributed by atoms with Gasteiger partial charge in [-0.05, 0) is 38.1 Å². The van der Waals surface area contributed by atoms with Gasteiger partial charge < -0.3 is 5.32 Å². The number of hydrogen-bond donors (Lipinski definition) is 2. The van der Waals surface area contributed by atoms with Crippen molar-refractivity contribution >= 4 is 23.4 Å². The third-order valence-corrected chi connectivity index (χ3v) is 3.51. The summed E-state index contributed by atoms with van der Waals surface area (Å²) in [6, 6.07) is 6.28. The minimum Gasteiger partial charge on any atom is -0.321 e. The van der Waals surface area contributed by atoms with Crippen molar-refractivity contribution in [2.24, 2.45) is 0 Å². The fourth-order valence-corrected chi connectivity index (χ4v) is 2.38. The highest BCUT2D eigenvalue weighted by Crippen LogP contribution is 2.20. The molecule has 1 aromatic carbocycles. The Balaban J connectivity index is 1.84. The number of rotatable bonds is 3. The molecule has 112 valence electrons. The lowest BCUT2D eigenvalue weighted by Crippen LogP contribution is -2.19. The molecule has 2 N–H and O–H groups in total. The molecule has 3 amide bonds. The lowest BCUT2D eigenvalue weighted by Gasteiger charge is -2.04. The van der Waals surface area contributed by atoms with Crippen LogP contribution in [0.1, 0.15) is 43.8 Å². The Bertz CT molecular complexity index is 807. The fourth-order valence-electron chi connectivity index (χ4n) is 2.38. The van der Waals surface area contributed by atoms with Gasteiger partial charge in [0, 0.05) is 17.9 Å². The molecule has 0 spiro atoms. The van der Waals surface area contributed by atoms with E-state index in [9.17, 15) is 14.4 Å². The monoisotopic (exact) mass is 298 g/mol. The Kier molecular flexibility index (Phi) is 3.25. The predicted octanol–water partition coefficient (Wildman–Crippen LogP) is 1.35. The van der Waals surface area contributed by atoms with Gasteiger partial charge in [-0.3, -0.25) is 24.4 Å². The Morgan fingerprint density at radius 2 is 1.95 bits per heavy atom. The number of carbonyl (C=O) groups is 3. The third-order valence-electron chi connectivity index (χ3n) is 3.51. The summed E-state index contributed by atoms with van der Waals surface area (Å²) in [5, 5.41) is 9.08. The third kappa shape index (κ3) is 2.26. The molecule has 7 nitrogen and oxygen atoms in total. The van der Waals surface area contributed by atoms with E-state index in [2.05, 4.69) is 15.7 Å². The van der Waals surface area contributed by atoms with Crippen LogP contribution in [-0.2, 0) is 6.54 Å². The van der Waals surface area contributed by atoms with E-state index in [1.54, 1.807) is 16.8 Å². The molecule has 22 heavy (non-hydrogen) atoms. The van der Waals surface area contributed by atoms with Crippen molar-refractivity contribution in [1.29, 1.82) is 0 Å². The Morgan fingerprint density at radius 1 is 1.23 bits per heavy atom. The molecule has 1 aromatic heterocycles. The standard InChI is InChI=1S/C15H14N4O3/c1-3-19-8(2)6-12(18-19)15(22)16-9-4-5-10-11(7-9)14(21)17-13(10)20/h4-7H,3H2,1-2H3,(H,16,22)(H,17,20,21). The lowest BCUT2D eigenvalue weighted by molar-refractivity contribution is 0.0878. The van der Waals surface area contributed by atoms with Crippen LogP contribution >= 0.6 is 0 Å². The zero-order valence-corrected chi connectivity index (χ0v) is 12.1. The summed E-state index contributed by atoms with van der Waals surface area (Å²) in [5.41, 5.74) is 2.22. The van der Waals surface area contributed by atoms with Gasteiger partial charge in [0.05, 0.1) is 11.1 Å². The minimum absolute atomic E-state index is 0.262. The molecule has 0 saturated heterocycles. The highest BCUT2D eigenvalue weighted by atomic mass is 16.2. The van der Waals surface area contributed by atoms with E-state index in [4.69, 9.17) is 0 Å². The predicted molar refractivity (Wildman–Crippen MR) is 78.8 cm³/mol.